The third-order valence-electron chi connectivity index (χ3n) is 1.45. The normalized spacial score (nSPS) is 12.2. The number of thiophene rings is 1. The van der Waals surface area contributed by atoms with Gasteiger partial charge in [-0.1, -0.05) is 5.11 Å². The smallest absolute Gasteiger partial charge is 0.0949 e. The summed E-state index contributed by atoms with van der Waals surface area (Å²) in [6.07, 6.45) is 0. The molecule has 1 aromatic heterocycles. The molecule has 0 aliphatic carbocycles. The number of hydrogen-bond donors (Lipinski definition) is 1. The van der Waals surface area contributed by atoms with Gasteiger partial charge in [0.25, 0.3) is 0 Å². The number of nitrogens with zero attached hydrogens (tertiary/aromatic N) is 3. The first-order valence-corrected chi connectivity index (χ1v) is 4.31. The van der Waals surface area contributed by atoms with E-state index in [2.05, 4.69) is 10.0 Å². The molecule has 1 unspecified atom stereocenters. The molecule has 0 radical (unpaired) electrons. The van der Waals surface area contributed by atoms with Gasteiger partial charge in [0.05, 0.1) is 12.6 Å². The van der Waals surface area contributed by atoms with Crippen molar-refractivity contribution in [3.63, 3.8) is 0 Å². The Bertz CT molecular complexity index is 303. The highest BCUT2D eigenvalue weighted by Gasteiger charge is 2.09. The zero-order valence-electron chi connectivity index (χ0n) is 6.64. The zero-order valence-corrected chi connectivity index (χ0v) is 7.45. The Hall–Kier alpha value is -1.03. The molecule has 1 aromatic rings. The monoisotopic (exact) mass is 183 g/mol. The molecule has 12 heavy (non-hydrogen) atoms. The van der Waals surface area contributed by atoms with Crippen LogP contribution in [0.2, 0.25) is 0 Å². The van der Waals surface area contributed by atoms with E-state index < -0.39 is 6.04 Å². The maximum absolute atomic E-state index is 8.86. The van der Waals surface area contributed by atoms with E-state index in [-0.39, 0.29) is 6.61 Å². The quantitative estimate of drug-likeness (QED) is 0.436. The van der Waals surface area contributed by atoms with Gasteiger partial charge in [0, 0.05) is 14.7 Å². The molecule has 0 amide bonds. The number of hydrogen-bond acceptors (Lipinski definition) is 3. The number of azide groups is 1. The largest absolute Gasteiger partial charge is 0.396 e. The van der Waals surface area contributed by atoms with Gasteiger partial charge in [0.15, 0.2) is 0 Å². The standard InChI is InChI=1S/C7H9N3OS/c1-5-2-3-7(12-5)6(4-11)9-10-8/h2-3,6,11H,4H2,1H3. The lowest BCUT2D eigenvalue weighted by atomic mass is 10.3. The predicted molar refractivity (Wildman–Crippen MR) is 48.0 cm³/mol. The summed E-state index contributed by atoms with van der Waals surface area (Å²) in [5.74, 6) is 0. The van der Waals surface area contributed by atoms with Crippen LogP contribution in [-0.4, -0.2) is 11.7 Å². The molecule has 64 valence electrons. The molecular weight excluding hydrogens is 174 g/mol. The summed E-state index contributed by atoms with van der Waals surface area (Å²) in [6, 6.07) is 3.39. The van der Waals surface area contributed by atoms with Gasteiger partial charge < -0.3 is 5.11 Å². The molecule has 0 spiro atoms. The fourth-order valence-corrected chi connectivity index (χ4v) is 1.78. The lowest BCUT2D eigenvalue weighted by Gasteiger charge is -2.02. The fourth-order valence-electron chi connectivity index (χ4n) is 0.878. The summed E-state index contributed by atoms with van der Waals surface area (Å²) in [4.78, 5) is 4.72. The van der Waals surface area contributed by atoms with E-state index in [1.54, 1.807) is 0 Å². The molecule has 0 saturated heterocycles. The summed E-state index contributed by atoms with van der Waals surface area (Å²) in [6.45, 7) is 1.84. The summed E-state index contributed by atoms with van der Waals surface area (Å²) in [7, 11) is 0. The van der Waals surface area contributed by atoms with Gasteiger partial charge in [-0.3, -0.25) is 0 Å². The molecule has 0 aliphatic heterocycles. The van der Waals surface area contributed by atoms with E-state index in [1.165, 1.54) is 11.3 Å². The topological polar surface area (TPSA) is 69.0 Å². The summed E-state index contributed by atoms with van der Waals surface area (Å²) in [5, 5.41) is 12.3. The number of rotatable bonds is 3. The molecule has 1 atom stereocenters. The van der Waals surface area contributed by atoms with E-state index >= 15 is 0 Å². The van der Waals surface area contributed by atoms with Gasteiger partial charge in [-0.05, 0) is 24.6 Å². The van der Waals surface area contributed by atoms with E-state index in [0.717, 1.165) is 9.75 Å². The van der Waals surface area contributed by atoms with Crippen molar-refractivity contribution < 1.29 is 5.11 Å². The van der Waals surface area contributed by atoms with E-state index in [4.69, 9.17) is 10.6 Å². The Morgan fingerprint density at radius 2 is 2.50 bits per heavy atom. The molecule has 0 aromatic carbocycles. The molecule has 4 nitrogen and oxygen atoms in total. The van der Waals surface area contributed by atoms with Gasteiger partial charge >= 0.3 is 0 Å². The molecule has 0 bridgehead atoms. The van der Waals surface area contributed by atoms with Crippen LogP contribution in [0.25, 0.3) is 10.4 Å². The van der Waals surface area contributed by atoms with Crippen LogP contribution in [0, 0.1) is 6.92 Å². The zero-order chi connectivity index (χ0) is 8.97. The van der Waals surface area contributed by atoms with Crippen LogP contribution in [0.3, 0.4) is 0 Å². The van der Waals surface area contributed by atoms with Crippen LogP contribution in [0.1, 0.15) is 15.8 Å². The average Bonchev–Trinajstić information content (AvgIpc) is 2.47. The maximum atomic E-state index is 8.86. The van der Waals surface area contributed by atoms with Crippen molar-refractivity contribution in [2.24, 2.45) is 5.11 Å². The SMILES string of the molecule is Cc1ccc(C(CO)N=[N+]=[N-])s1. The Kier molecular flexibility index (Phi) is 3.10. The minimum Gasteiger partial charge on any atom is -0.396 e. The number of aliphatic hydroxyl groups is 1. The number of aryl methyl sites for hydroxylation is 1. The van der Waals surface area contributed by atoms with Crippen molar-refractivity contribution in [2.45, 2.75) is 13.0 Å². The number of aliphatic hydroxyl groups excluding tert-OH is 1. The first-order valence-electron chi connectivity index (χ1n) is 3.49. The average molecular weight is 183 g/mol. The Labute approximate surface area is 74.1 Å². The molecule has 1 N–H and O–H groups in total. The Morgan fingerprint density at radius 1 is 1.75 bits per heavy atom. The van der Waals surface area contributed by atoms with Crippen molar-refractivity contribution in [3.05, 3.63) is 32.3 Å². The predicted octanol–water partition coefficient (Wildman–Crippen LogP) is 2.40. The summed E-state index contributed by atoms with van der Waals surface area (Å²) < 4.78 is 0. The Balaban J connectivity index is 2.86. The Morgan fingerprint density at radius 3 is 2.92 bits per heavy atom. The first kappa shape index (κ1) is 9.06. The third-order valence-corrected chi connectivity index (χ3v) is 2.56. The fraction of sp³-hybridized carbons (Fsp3) is 0.429. The van der Waals surface area contributed by atoms with Crippen LogP contribution in [0.15, 0.2) is 17.2 Å². The van der Waals surface area contributed by atoms with Crippen molar-refractivity contribution in [3.8, 4) is 0 Å². The van der Waals surface area contributed by atoms with E-state index in [0.29, 0.717) is 0 Å². The van der Waals surface area contributed by atoms with Crippen LogP contribution in [0.5, 0.6) is 0 Å². The molecular formula is C7H9N3OS. The van der Waals surface area contributed by atoms with Gasteiger partial charge in [-0.15, -0.1) is 11.3 Å². The minimum atomic E-state index is -0.423. The third kappa shape index (κ3) is 1.98. The van der Waals surface area contributed by atoms with E-state index in [9.17, 15) is 0 Å². The molecule has 0 fully saturated rings. The van der Waals surface area contributed by atoms with Gasteiger partial charge in [0.1, 0.15) is 0 Å². The molecule has 1 heterocycles. The van der Waals surface area contributed by atoms with Crippen LogP contribution >= 0.6 is 11.3 Å². The maximum Gasteiger partial charge on any atom is 0.0949 e. The van der Waals surface area contributed by atoms with Crippen molar-refractivity contribution in [1.82, 2.24) is 0 Å². The molecule has 5 heteroatoms. The van der Waals surface area contributed by atoms with Crippen molar-refractivity contribution in [2.75, 3.05) is 6.61 Å². The first-order chi connectivity index (χ1) is 5.77. The lowest BCUT2D eigenvalue weighted by Crippen LogP contribution is -1.96. The highest BCUT2D eigenvalue weighted by molar-refractivity contribution is 7.12. The molecule has 0 aliphatic rings. The highest BCUT2D eigenvalue weighted by Crippen LogP contribution is 2.25. The highest BCUT2D eigenvalue weighted by atomic mass is 32.1. The van der Waals surface area contributed by atoms with Crippen molar-refractivity contribution in [1.29, 1.82) is 0 Å². The van der Waals surface area contributed by atoms with Crippen molar-refractivity contribution >= 4 is 11.3 Å². The van der Waals surface area contributed by atoms with Crippen LogP contribution < -0.4 is 0 Å². The second-order valence-corrected chi connectivity index (χ2v) is 3.67. The van der Waals surface area contributed by atoms with Gasteiger partial charge in [0.2, 0.25) is 0 Å². The minimum absolute atomic E-state index is 0.135. The van der Waals surface area contributed by atoms with E-state index in [1.807, 2.05) is 19.1 Å². The lowest BCUT2D eigenvalue weighted by molar-refractivity contribution is 0.269. The second kappa shape index (κ2) is 4.11. The summed E-state index contributed by atoms with van der Waals surface area (Å²) in [5.41, 5.74) is 8.19. The van der Waals surface area contributed by atoms with Gasteiger partial charge in [-0.25, -0.2) is 0 Å². The van der Waals surface area contributed by atoms with Crippen LogP contribution in [-0.2, 0) is 0 Å². The van der Waals surface area contributed by atoms with Gasteiger partial charge in [-0.2, -0.15) is 0 Å². The summed E-state index contributed by atoms with van der Waals surface area (Å²) >= 11 is 1.54. The molecule has 1 rings (SSSR count). The second-order valence-electron chi connectivity index (χ2n) is 2.35. The van der Waals surface area contributed by atoms with Crippen LogP contribution in [0.4, 0.5) is 0 Å². The molecule has 0 saturated carbocycles.